The summed E-state index contributed by atoms with van der Waals surface area (Å²) in [5, 5.41) is 0. The van der Waals surface area contributed by atoms with Gasteiger partial charge in [0.15, 0.2) is 0 Å². The minimum absolute atomic E-state index is 0.143. The van der Waals surface area contributed by atoms with Crippen LogP contribution in [0.2, 0.25) is 0 Å². The second kappa shape index (κ2) is 5.78. The topological polar surface area (TPSA) is 6.48 Å². The monoisotopic (exact) mass is 285 g/mol. The summed E-state index contributed by atoms with van der Waals surface area (Å²) in [5.41, 5.74) is 1.05. The van der Waals surface area contributed by atoms with E-state index in [9.17, 15) is 12.9 Å². The quantitative estimate of drug-likeness (QED) is 0.785. The third-order valence-corrected chi connectivity index (χ3v) is 4.32. The highest BCUT2D eigenvalue weighted by atomic mass is 19.4. The first-order valence-electron chi connectivity index (χ1n) is 7.00. The fraction of sp³-hybridized carbons (Fsp3) is 0.571. The maximum absolute atomic E-state index is 12.5. The van der Waals surface area contributed by atoms with Gasteiger partial charge in [-0.3, -0.25) is 4.90 Å². The lowest BCUT2D eigenvalue weighted by Crippen LogP contribution is -2.52. The molecule has 1 fully saturated rings. The molecule has 0 unspecified atom stereocenters. The number of hydrogen-bond donors (Lipinski definition) is 0. The summed E-state index contributed by atoms with van der Waals surface area (Å²) >= 11 is 0. The number of nitrogens with zero attached hydrogens (tertiary/aromatic N) is 2. The summed E-state index contributed by atoms with van der Waals surface area (Å²) in [6, 6.07) is 10.1. The van der Waals surface area contributed by atoms with Crippen molar-refractivity contribution >= 4 is 6.98 Å². The zero-order valence-electron chi connectivity index (χ0n) is 12.0. The standard InChI is InChI=1S/C14H21BF3N2/c1-19(2)14(13-6-4-3-5-7-13)8-10-20(11-9-14)12-15(16,17)18/h3-7H,8-12H2,1-2H3/q-1. The molecule has 6 heteroatoms. The van der Waals surface area contributed by atoms with Gasteiger partial charge >= 0.3 is 6.98 Å². The Labute approximate surface area is 118 Å². The Morgan fingerprint density at radius 3 is 2.10 bits per heavy atom. The molecular weight excluding hydrogens is 264 g/mol. The summed E-state index contributed by atoms with van der Waals surface area (Å²) in [7, 11) is 4.02. The molecule has 1 saturated heterocycles. The Balaban J connectivity index is 2.11. The van der Waals surface area contributed by atoms with Crippen molar-refractivity contribution < 1.29 is 12.9 Å². The van der Waals surface area contributed by atoms with E-state index in [0.717, 1.165) is 12.8 Å². The van der Waals surface area contributed by atoms with Crippen LogP contribution < -0.4 is 0 Å². The van der Waals surface area contributed by atoms with Gasteiger partial charge in [-0.25, -0.2) is 0 Å². The molecule has 0 spiro atoms. The first kappa shape index (κ1) is 15.4. The Bertz CT molecular complexity index is 426. The lowest BCUT2D eigenvalue weighted by molar-refractivity contribution is 0.0575. The molecule has 0 bridgehead atoms. The molecule has 0 aliphatic carbocycles. The van der Waals surface area contributed by atoms with Crippen molar-refractivity contribution in [2.45, 2.75) is 18.4 Å². The molecular formula is C14H21BF3N2-. The van der Waals surface area contributed by atoms with Crippen molar-refractivity contribution in [1.29, 1.82) is 0 Å². The molecule has 1 aliphatic heterocycles. The van der Waals surface area contributed by atoms with E-state index in [1.54, 1.807) is 0 Å². The molecule has 2 rings (SSSR count). The first-order chi connectivity index (χ1) is 9.33. The number of likely N-dealkylation sites (tertiary alicyclic amines) is 1. The normalized spacial score (nSPS) is 20.3. The fourth-order valence-electron chi connectivity index (χ4n) is 3.14. The summed E-state index contributed by atoms with van der Waals surface area (Å²) in [5.74, 6) is 0. The fourth-order valence-corrected chi connectivity index (χ4v) is 3.14. The maximum Gasteiger partial charge on any atom is 0.492 e. The van der Waals surface area contributed by atoms with Crippen LogP contribution >= 0.6 is 0 Å². The van der Waals surface area contributed by atoms with E-state index in [-0.39, 0.29) is 5.54 Å². The molecule has 2 nitrogen and oxygen atoms in total. The smallest absolute Gasteiger partial charge is 0.448 e. The molecule has 0 amide bonds. The van der Waals surface area contributed by atoms with Crippen molar-refractivity contribution in [3.63, 3.8) is 0 Å². The zero-order chi connectivity index (χ0) is 14.8. The molecule has 0 N–H and O–H groups in total. The molecule has 1 heterocycles. The van der Waals surface area contributed by atoms with Gasteiger partial charge in [-0.1, -0.05) is 30.3 Å². The van der Waals surface area contributed by atoms with E-state index < -0.39 is 13.4 Å². The van der Waals surface area contributed by atoms with Crippen LogP contribution in [0.25, 0.3) is 0 Å². The van der Waals surface area contributed by atoms with E-state index in [1.165, 1.54) is 10.5 Å². The van der Waals surface area contributed by atoms with Crippen LogP contribution in [-0.4, -0.2) is 50.4 Å². The zero-order valence-corrected chi connectivity index (χ0v) is 12.0. The van der Waals surface area contributed by atoms with Crippen LogP contribution in [0.5, 0.6) is 0 Å². The van der Waals surface area contributed by atoms with Crippen molar-refractivity contribution in [2.24, 2.45) is 0 Å². The number of rotatable bonds is 4. The van der Waals surface area contributed by atoms with Crippen LogP contribution in [-0.2, 0) is 5.54 Å². The molecule has 0 aromatic heterocycles. The first-order valence-corrected chi connectivity index (χ1v) is 7.00. The summed E-state index contributed by atoms with van der Waals surface area (Å²) in [4.78, 5) is 3.68. The van der Waals surface area contributed by atoms with Gasteiger partial charge in [-0.2, -0.15) is 0 Å². The maximum atomic E-state index is 12.5. The van der Waals surface area contributed by atoms with Gasteiger partial charge in [0.05, 0.1) is 0 Å². The lowest BCUT2D eigenvalue weighted by atomic mass is 9.78. The van der Waals surface area contributed by atoms with E-state index >= 15 is 0 Å². The minimum Gasteiger partial charge on any atom is -0.448 e. The third kappa shape index (κ3) is 3.36. The molecule has 0 atom stereocenters. The van der Waals surface area contributed by atoms with Gasteiger partial charge in [0.2, 0.25) is 0 Å². The predicted molar refractivity (Wildman–Crippen MR) is 76.6 cm³/mol. The minimum atomic E-state index is -4.73. The Morgan fingerprint density at radius 1 is 1.10 bits per heavy atom. The number of piperidine rings is 1. The van der Waals surface area contributed by atoms with E-state index in [1.807, 2.05) is 32.3 Å². The average Bonchev–Trinajstić information content (AvgIpc) is 2.39. The second-order valence-electron chi connectivity index (χ2n) is 5.80. The largest absolute Gasteiger partial charge is 0.492 e. The van der Waals surface area contributed by atoms with E-state index in [2.05, 4.69) is 17.0 Å². The van der Waals surface area contributed by atoms with Gasteiger partial charge in [0.1, 0.15) is 0 Å². The molecule has 0 saturated carbocycles. The van der Waals surface area contributed by atoms with E-state index in [4.69, 9.17) is 0 Å². The number of benzene rings is 1. The van der Waals surface area contributed by atoms with Gasteiger partial charge < -0.3 is 17.8 Å². The summed E-state index contributed by atoms with van der Waals surface area (Å²) < 4.78 is 37.6. The van der Waals surface area contributed by atoms with Gasteiger partial charge in [-0.05, 0) is 52.0 Å². The molecule has 20 heavy (non-hydrogen) atoms. The average molecular weight is 285 g/mol. The van der Waals surface area contributed by atoms with E-state index in [0.29, 0.717) is 13.1 Å². The van der Waals surface area contributed by atoms with Crippen molar-refractivity contribution in [3.8, 4) is 0 Å². The van der Waals surface area contributed by atoms with Gasteiger partial charge in [-0.15, -0.1) is 0 Å². The van der Waals surface area contributed by atoms with Crippen LogP contribution in [0.1, 0.15) is 18.4 Å². The third-order valence-electron chi connectivity index (χ3n) is 4.32. The SMILES string of the molecule is CN(C)C1(c2ccccc2)CCN(C[B-](F)(F)F)CC1. The van der Waals surface area contributed by atoms with Gasteiger partial charge in [0, 0.05) is 5.54 Å². The number of hydrogen-bond acceptors (Lipinski definition) is 2. The Hall–Kier alpha value is -1.01. The van der Waals surface area contributed by atoms with Crippen LogP contribution in [0.15, 0.2) is 30.3 Å². The van der Waals surface area contributed by atoms with Crippen molar-refractivity contribution in [1.82, 2.24) is 9.80 Å². The van der Waals surface area contributed by atoms with Crippen molar-refractivity contribution in [2.75, 3.05) is 33.6 Å². The molecule has 112 valence electrons. The van der Waals surface area contributed by atoms with Crippen molar-refractivity contribution in [3.05, 3.63) is 35.9 Å². The number of halogens is 3. The highest BCUT2D eigenvalue weighted by molar-refractivity contribution is 6.58. The Morgan fingerprint density at radius 2 is 1.65 bits per heavy atom. The Kier molecular flexibility index (Phi) is 4.44. The molecule has 0 radical (unpaired) electrons. The highest BCUT2D eigenvalue weighted by Gasteiger charge is 2.39. The molecule has 1 aromatic carbocycles. The summed E-state index contributed by atoms with van der Waals surface area (Å²) in [6.07, 6.45) is 0.727. The van der Waals surface area contributed by atoms with Crippen LogP contribution in [0, 0.1) is 0 Å². The molecule has 1 aromatic rings. The predicted octanol–water partition coefficient (Wildman–Crippen LogP) is 2.93. The lowest BCUT2D eigenvalue weighted by Gasteiger charge is -2.47. The van der Waals surface area contributed by atoms with Gasteiger partial charge in [0.25, 0.3) is 0 Å². The second-order valence-corrected chi connectivity index (χ2v) is 5.80. The van der Waals surface area contributed by atoms with Crippen LogP contribution in [0.4, 0.5) is 12.9 Å². The molecule has 1 aliphatic rings. The summed E-state index contributed by atoms with van der Waals surface area (Å²) in [6.45, 7) is -3.74. The van der Waals surface area contributed by atoms with Crippen LogP contribution in [0.3, 0.4) is 0 Å². The highest BCUT2D eigenvalue weighted by Crippen LogP contribution is 2.37.